The standard InChI is InChI=1S/C12H15F2NO.ClH/c1-3-4-5-11(15)12-9(13)6-8(16-2)7-10(12)14;/h3,6-7,11H,1,4-5,15H2,2H3;1H/t11-;/m0./s1. The van der Waals surface area contributed by atoms with Gasteiger partial charge in [0.25, 0.3) is 0 Å². The minimum absolute atomic E-state index is 0. The second kappa shape index (κ2) is 7.25. The number of hydrogen-bond donors (Lipinski definition) is 1. The summed E-state index contributed by atoms with van der Waals surface area (Å²) in [4.78, 5) is 0. The predicted octanol–water partition coefficient (Wildman–Crippen LogP) is 3.36. The van der Waals surface area contributed by atoms with E-state index < -0.39 is 17.7 Å². The topological polar surface area (TPSA) is 35.2 Å². The van der Waals surface area contributed by atoms with Crippen LogP contribution < -0.4 is 10.5 Å². The lowest BCUT2D eigenvalue weighted by molar-refractivity contribution is 0.403. The van der Waals surface area contributed by atoms with Gasteiger partial charge >= 0.3 is 0 Å². The summed E-state index contributed by atoms with van der Waals surface area (Å²) in [5, 5.41) is 0. The van der Waals surface area contributed by atoms with Crippen molar-refractivity contribution in [3.63, 3.8) is 0 Å². The van der Waals surface area contributed by atoms with Gasteiger partial charge in [-0.25, -0.2) is 8.78 Å². The number of ether oxygens (including phenoxy) is 1. The molecule has 0 fully saturated rings. The molecular formula is C12H16ClF2NO. The molecule has 5 heteroatoms. The van der Waals surface area contributed by atoms with Gasteiger partial charge in [0, 0.05) is 23.7 Å². The molecule has 0 bridgehead atoms. The first-order chi connectivity index (χ1) is 7.60. The van der Waals surface area contributed by atoms with Crippen LogP contribution in [0.4, 0.5) is 8.78 Å². The molecule has 0 unspecified atom stereocenters. The minimum Gasteiger partial charge on any atom is -0.497 e. The SMILES string of the molecule is C=CCC[C@H](N)c1c(F)cc(OC)cc1F.Cl. The molecule has 0 amide bonds. The van der Waals surface area contributed by atoms with E-state index in [2.05, 4.69) is 6.58 Å². The van der Waals surface area contributed by atoms with Crippen LogP contribution in [0.3, 0.4) is 0 Å². The fourth-order valence-electron chi connectivity index (χ4n) is 1.47. The molecule has 0 aliphatic rings. The summed E-state index contributed by atoms with van der Waals surface area (Å²) >= 11 is 0. The van der Waals surface area contributed by atoms with Gasteiger partial charge in [-0.15, -0.1) is 19.0 Å². The lowest BCUT2D eigenvalue weighted by Crippen LogP contribution is -2.14. The number of hydrogen-bond acceptors (Lipinski definition) is 2. The van der Waals surface area contributed by atoms with Crippen molar-refractivity contribution in [1.82, 2.24) is 0 Å². The molecule has 0 aromatic heterocycles. The highest BCUT2D eigenvalue weighted by atomic mass is 35.5. The third kappa shape index (κ3) is 3.98. The summed E-state index contributed by atoms with van der Waals surface area (Å²) in [7, 11) is 1.35. The van der Waals surface area contributed by atoms with Gasteiger partial charge in [0.1, 0.15) is 17.4 Å². The summed E-state index contributed by atoms with van der Waals surface area (Å²) in [6, 6.07) is 1.60. The van der Waals surface area contributed by atoms with Crippen molar-refractivity contribution in [2.24, 2.45) is 5.73 Å². The summed E-state index contributed by atoms with van der Waals surface area (Å²) in [6.07, 6.45) is 2.74. The van der Waals surface area contributed by atoms with Gasteiger partial charge in [-0.3, -0.25) is 0 Å². The molecule has 0 radical (unpaired) electrons. The third-order valence-electron chi connectivity index (χ3n) is 2.34. The molecule has 1 aromatic rings. The fourth-order valence-corrected chi connectivity index (χ4v) is 1.47. The lowest BCUT2D eigenvalue weighted by Gasteiger charge is -2.14. The van der Waals surface area contributed by atoms with E-state index in [9.17, 15) is 8.78 Å². The smallest absolute Gasteiger partial charge is 0.134 e. The quantitative estimate of drug-likeness (QED) is 0.827. The Balaban J connectivity index is 0.00000256. The van der Waals surface area contributed by atoms with E-state index in [1.807, 2.05) is 0 Å². The fraction of sp³-hybridized carbons (Fsp3) is 0.333. The zero-order valence-corrected chi connectivity index (χ0v) is 10.4. The zero-order chi connectivity index (χ0) is 12.1. The van der Waals surface area contributed by atoms with Crippen molar-refractivity contribution in [1.29, 1.82) is 0 Å². The van der Waals surface area contributed by atoms with E-state index in [1.54, 1.807) is 6.08 Å². The highest BCUT2D eigenvalue weighted by molar-refractivity contribution is 5.85. The van der Waals surface area contributed by atoms with Crippen molar-refractivity contribution < 1.29 is 13.5 Å². The van der Waals surface area contributed by atoms with Crippen LogP contribution >= 0.6 is 12.4 Å². The first kappa shape index (κ1) is 15.9. The molecule has 1 atom stereocenters. The van der Waals surface area contributed by atoms with Crippen LogP contribution in [-0.4, -0.2) is 7.11 Å². The Hall–Kier alpha value is -1.13. The summed E-state index contributed by atoms with van der Waals surface area (Å²) in [6.45, 7) is 3.54. The average Bonchev–Trinajstić information content (AvgIpc) is 2.25. The van der Waals surface area contributed by atoms with E-state index in [1.165, 1.54) is 7.11 Å². The van der Waals surface area contributed by atoms with Crippen LogP contribution in [-0.2, 0) is 0 Å². The van der Waals surface area contributed by atoms with Gasteiger partial charge in [-0.1, -0.05) is 6.08 Å². The van der Waals surface area contributed by atoms with Crippen LogP contribution in [0.15, 0.2) is 24.8 Å². The van der Waals surface area contributed by atoms with Gasteiger partial charge in [0.15, 0.2) is 0 Å². The van der Waals surface area contributed by atoms with Gasteiger partial charge in [-0.2, -0.15) is 0 Å². The molecule has 0 saturated heterocycles. The van der Waals surface area contributed by atoms with Crippen molar-refractivity contribution in [3.05, 3.63) is 42.0 Å². The molecule has 0 aliphatic carbocycles. The molecule has 1 rings (SSSR count). The molecular weight excluding hydrogens is 248 g/mol. The molecule has 17 heavy (non-hydrogen) atoms. The molecule has 0 spiro atoms. The van der Waals surface area contributed by atoms with E-state index in [0.717, 1.165) is 12.1 Å². The molecule has 96 valence electrons. The van der Waals surface area contributed by atoms with E-state index >= 15 is 0 Å². The Kier molecular flexibility index (Phi) is 6.76. The second-order valence-electron chi connectivity index (χ2n) is 3.48. The van der Waals surface area contributed by atoms with E-state index in [4.69, 9.17) is 10.5 Å². The molecule has 2 nitrogen and oxygen atoms in total. The van der Waals surface area contributed by atoms with Gasteiger partial charge < -0.3 is 10.5 Å². The normalized spacial score (nSPS) is 11.5. The Morgan fingerprint density at radius 3 is 2.35 bits per heavy atom. The van der Waals surface area contributed by atoms with Crippen molar-refractivity contribution >= 4 is 12.4 Å². The van der Waals surface area contributed by atoms with Crippen molar-refractivity contribution in [2.75, 3.05) is 7.11 Å². The number of benzene rings is 1. The maximum Gasteiger partial charge on any atom is 0.134 e. The largest absolute Gasteiger partial charge is 0.497 e. The Morgan fingerprint density at radius 1 is 1.41 bits per heavy atom. The maximum atomic E-state index is 13.5. The molecule has 0 heterocycles. The van der Waals surface area contributed by atoms with Crippen molar-refractivity contribution in [2.45, 2.75) is 18.9 Å². The minimum atomic E-state index is -0.673. The monoisotopic (exact) mass is 263 g/mol. The van der Waals surface area contributed by atoms with E-state index in [0.29, 0.717) is 12.8 Å². The van der Waals surface area contributed by atoms with Crippen LogP contribution in [0, 0.1) is 11.6 Å². The Morgan fingerprint density at radius 2 is 1.94 bits per heavy atom. The van der Waals surface area contributed by atoms with Crippen LogP contribution in [0.5, 0.6) is 5.75 Å². The summed E-state index contributed by atoms with van der Waals surface area (Å²) < 4.78 is 31.9. The van der Waals surface area contributed by atoms with Crippen LogP contribution in [0.25, 0.3) is 0 Å². The third-order valence-corrected chi connectivity index (χ3v) is 2.34. The van der Waals surface area contributed by atoms with Crippen molar-refractivity contribution in [3.8, 4) is 5.75 Å². The predicted molar refractivity (Wildman–Crippen MR) is 66.5 cm³/mol. The lowest BCUT2D eigenvalue weighted by atomic mass is 10.0. The molecule has 1 aromatic carbocycles. The zero-order valence-electron chi connectivity index (χ0n) is 9.58. The molecule has 0 aliphatic heterocycles. The van der Waals surface area contributed by atoms with Gasteiger partial charge in [0.2, 0.25) is 0 Å². The first-order valence-electron chi connectivity index (χ1n) is 4.99. The molecule has 2 N–H and O–H groups in total. The number of methoxy groups -OCH3 is 1. The summed E-state index contributed by atoms with van der Waals surface area (Å²) in [5.74, 6) is -1.20. The Labute approximate surface area is 106 Å². The van der Waals surface area contributed by atoms with Crippen LogP contribution in [0.1, 0.15) is 24.4 Å². The van der Waals surface area contributed by atoms with Gasteiger partial charge in [0.05, 0.1) is 7.11 Å². The molecule has 0 saturated carbocycles. The second-order valence-corrected chi connectivity index (χ2v) is 3.48. The van der Waals surface area contributed by atoms with Gasteiger partial charge in [-0.05, 0) is 12.8 Å². The summed E-state index contributed by atoms with van der Waals surface area (Å²) in [5.41, 5.74) is 5.61. The maximum absolute atomic E-state index is 13.5. The number of allylic oxidation sites excluding steroid dienone is 1. The van der Waals surface area contributed by atoms with E-state index in [-0.39, 0.29) is 23.7 Å². The highest BCUT2D eigenvalue weighted by Gasteiger charge is 2.17. The number of rotatable bonds is 5. The number of halogens is 3. The highest BCUT2D eigenvalue weighted by Crippen LogP contribution is 2.26. The Bertz CT molecular complexity index is 362. The first-order valence-corrected chi connectivity index (χ1v) is 4.99. The average molecular weight is 264 g/mol. The van der Waals surface area contributed by atoms with Crippen LogP contribution in [0.2, 0.25) is 0 Å². The number of nitrogens with two attached hydrogens (primary N) is 1.